The first-order chi connectivity index (χ1) is 41.2. The number of aliphatic hydroxyl groups excluding tert-OH is 1. The SMILES string of the molecule is CC[C@H]1OC(=O)[C@H](C)[C@@H](O[C@H]2C[C@@](C)(OC)[C@@H](O)[C@H](C)O2)[C@H](C)[C@@H](O[C@@H]2O[C@H](C)C[C@H](N(C)C)[C@H]2CC(C)=O)[C@](C)(O)C[C@@H](C)CN(C)[C@H](C)[C@@H](OC(=O)NCCCCCCCCCC[P+](c2ccccc2)(c2ccccc2)c2ccccc2)[C@]1(C)O. The van der Waals surface area contributed by atoms with Crippen LogP contribution >= 0.6 is 7.26 Å². The van der Waals surface area contributed by atoms with E-state index in [-0.39, 0.29) is 55.4 Å². The number of esters is 1. The second-order valence-corrected chi connectivity index (χ2v) is 30.5. The number of methoxy groups -OCH3 is 1. The van der Waals surface area contributed by atoms with Gasteiger partial charge in [0, 0.05) is 57.0 Å². The molecule has 488 valence electrons. The molecular formula is C70H111N3O13P+. The molecule has 3 aliphatic heterocycles. The van der Waals surface area contributed by atoms with Crippen LogP contribution in [-0.4, -0.2) is 175 Å². The maximum absolute atomic E-state index is 15.0. The highest BCUT2D eigenvalue weighted by Gasteiger charge is 2.54. The third kappa shape index (κ3) is 18.6. The van der Waals surface area contributed by atoms with Gasteiger partial charge in [0.1, 0.15) is 46.8 Å². The van der Waals surface area contributed by atoms with Crippen molar-refractivity contribution in [3.8, 4) is 0 Å². The second-order valence-electron chi connectivity index (χ2n) is 26.9. The van der Waals surface area contributed by atoms with Crippen LogP contribution in [0, 0.1) is 23.7 Å². The van der Waals surface area contributed by atoms with Gasteiger partial charge in [0.15, 0.2) is 18.7 Å². The second kappa shape index (κ2) is 32.9. The first-order valence-corrected chi connectivity index (χ1v) is 34.5. The summed E-state index contributed by atoms with van der Waals surface area (Å²) in [6.07, 6.45) is 1.93. The summed E-state index contributed by atoms with van der Waals surface area (Å²) in [6.45, 7) is 20.4. The monoisotopic (exact) mass is 1230 g/mol. The molecule has 0 unspecified atom stereocenters. The molecule has 0 radical (unpaired) electrons. The molecule has 3 heterocycles. The van der Waals surface area contributed by atoms with Crippen LogP contribution in [0.25, 0.3) is 0 Å². The van der Waals surface area contributed by atoms with Crippen molar-refractivity contribution in [3.63, 3.8) is 0 Å². The van der Waals surface area contributed by atoms with Crippen LogP contribution in [0.15, 0.2) is 91.0 Å². The molecule has 16 nitrogen and oxygen atoms in total. The molecule has 3 fully saturated rings. The average molecular weight is 1230 g/mol. The van der Waals surface area contributed by atoms with E-state index in [1.165, 1.54) is 23.0 Å². The first kappa shape index (κ1) is 72.2. The fourth-order valence-electron chi connectivity index (χ4n) is 14.4. The number of alkyl carbamates (subject to hydrolysis) is 1. The Morgan fingerprint density at radius 2 is 1.31 bits per heavy atom. The summed E-state index contributed by atoms with van der Waals surface area (Å²) in [5, 5.41) is 44.3. The molecule has 87 heavy (non-hydrogen) atoms. The number of likely N-dealkylation sites (N-methyl/N-ethyl adjacent to an activating group) is 1. The molecule has 4 N–H and O–H groups in total. The van der Waals surface area contributed by atoms with Crippen molar-refractivity contribution in [1.82, 2.24) is 15.1 Å². The van der Waals surface area contributed by atoms with E-state index < -0.39 is 103 Å². The van der Waals surface area contributed by atoms with Gasteiger partial charge < -0.3 is 63.5 Å². The number of carbonyl (C=O) groups is 3. The van der Waals surface area contributed by atoms with Crippen LogP contribution in [0.1, 0.15) is 160 Å². The number of aliphatic hydroxyl groups is 3. The van der Waals surface area contributed by atoms with Crippen molar-refractivity contribution in [3.05, 3.63) is 91.0 Å². The van der Waals surface area contributed by atoms with E-state index in [2.05, 4.69) is 101 Å². The largest absolute Gasteiger partial charge is 0.459 e. The van der Waals surface area contributed by atoms with Crippen LogP contribution in [0.3, 0.4) is 0 Å². The summed E-state index contributed by atoms with van der Waals surface area (Å²) in [6, 6.07) is 32.5. The summed E-state index contributed by atoms with van der Waals surface area (Å²) >= 11 is 0. The number of Topliss-reactive ketones (excluding diaryl/α,β-unsaturated/α-hetero) is 1. The highest BCUT2D eigenvalue weighted by Crippen LogP contribution is 2.56. The van der Waals surface area contributed by atoms with E-state index in [9.17, 15) is 24.9 Å². The smallest absolute Gasteiger partial charge is 0.407 e. The molecule has 1 amide bonds. The van der Waals surface area contributed by atoms with Crippen molar-refractivity contribution in [2.45, 2.75) is 244 Å². The lowest BCUT2D eigenvalue weighted by Gasteiger charge is -2.49. The Hall–Kier alpha value is -3.90. The Morgan fingerprint density at radius 3 is 1.83 bits per heavy atom. The number of hydrogen-bond donors (Lipinski definition) is 4. The van der Waals surface area contributed by atoms with Crippen LogP contribution in [0.4, 0.5) is 4.79 Å². The molecule has 0 aliphatic carbocycles. The van der Waals surface area contributed by atoms with Gasteiger partial charge in [-0.15, -0.1) is 0 Å². The van der Waals surface area contributed by atoms with Crippen molar-refractivity contribution in [1.29, 1.82) is 0 Å². The number of carbonyl (C=O) groups excluding carboxylic acids is 3. The van der Waals surface area contributed by atoms with E-state index in [0.717, 1.165) is 57.5 Å². The van der Waals surface area contributed by atoms with Gasteiger partial charge >= 0.3 is 12.1 Å². The van der Waals surface area contributed by atoms with Crippen LogP contribution in [0.2, 0.25) is 0 Å². The van der Waals surface area contributed by atoms with Crippen LogP contribution in [0.5, 0.6) is 0 Å². The summed E-state index contributed by atoms with van der Waals surface area (Å²) in [5.41, 5.74) is -4.57. The highest BCUT2D eigenvalue weighted by atomic mass is 31.2. The van der Waals surface area contributed by atoms with Gasteiger partial charge in [-0.3, -0.25) is 9.69 Å². The standard InChI is InChI=1S/C70H110N3O13P/c1-16-59-70(11,79)64(86-67(77)71-40-32-21-19-17-18-20-22-33-41-87(54-34-26-23-27-35-54,55-36-28-24-29-37-55)56-38-30-25-31-39-56)52(7)73(14)46-47(2)44-68(9,78)63(85-66-57(42-48(3)74)58(72(12)13)43-49(4)81-66)50(5)61(51(6)65(76)83-59)84-60-45-69(10,80-15)62(75)53(8)82-60/h23-31,34-39,47,49-53,57-64,66,75,78-79H,16-22,32-33,40-46H2,1-15H3/p+1/t47-,49-,50+,51-,52-,53+,57-,58+,59-,60+,61+,62+,63-,64-,66+,68-,69-,70-/m1/s1. The van der Waals surface area contributed by atoms with Crippen LogP contribution < -0.4 is 21.2 Å². The quantitative estimate of drug-likeness (QED) is 0.0376. The van der Waals surface area contributed by atoms with Crippen molar-refractivity contribution >= 4 is 41.0 Å². The zero-order valence-corrected chi connectivity index (χ0v) is 56.3. The Labute approximate surface area is 522 Å². The minimum atomic E-state index is -1.90. The van der Waals surface area contributed by atoms with Crippen LogP contribution in [-0.2, 0) is 42.7 Å². The predicted octanol–water partition coefficient (Wildman–Crippen LogP) is 9.98. The summed E-state index contributed by atoms with van der Waals surface area (Å²) in [5.74, 6) is -3.18. The number of ketones is 1. The Kier molecular flexibility index (Phi) is 27.3. The zero-order valence-electron chi connectivity index (χ0n) is 55.4. The predicted molar refractivity (Wildman–Crippen MR) is 346 cm³/mol. The lowest BCUT2D eigenvalue weighted by Crippen LogP contribution is -2.61. The number of nitrogens with one attached hydrogen (secondary N) is 1. The number of unbranched alkanes of at least 4 members (excludes halogenated alkanes) is 7. The molecule has 3 aromatic rings. The highest BCUT2D eigenvalue weighted by molar-refractivity contribution is 7.95. The summed E-state index contributed by atoms with van der Waals surface area (Å²) in [7, 11) is 5.52. The number of hydrogen-bond acceptors (Lipinski definition) is 15. The maximum Gasteiger partial charge on any atom is 0.407 e. The molecule has 0 spiro atoms. The van der Waals surface area contributed by atoms with Gasteiger partial charge in [-0.1, -0.05) is 107 Å². The topological polar surface area (TPSA) is 195 Å². The molecule has 17 heteroatoms. The van der Waals surface area contributed by atoms with Gasteiger partial charge in [0.05, 0.1) is 47.7 Å². The third-order valence-electron chi connectivity index (χ3n) is 19.4. The van der Waals surface area contributed by atoms with Gasteiger partial charge in [-0.25, -0.2) is 4.79 Å². The molecular weight excluding hydrogens is 1120 g/mol. The number of nitrogens with zero attached hydrogens (tertiary/aromatic N) is 2. The van der Waals surface area contributed by atoms with Crippen molar-refractivity contribution in [2.24, 2.45) is 23.7 Å². The molecule has 3 aromatic carbocycles. The fourth-order valence-corrected chi connectivity index (χ4v) is 18.8. The zero-order chi connectivity index (χ0) is 63.9. The minimum absolute atomic E-state index is 0.0219. The van der Waals surface area contributed by atoms with E-state index in [4.69, 9.17) is 33.2 Å². The summed E-state index contributed by atoms with van der Waals surface area (Å²) in [4.78, 5) is 46.0. The molecule has 0 saturated carbocycles. The third-order valence-corrected chi connectivity index (χ3v) is 23.9. The maximum atomic E-state index is 15.0. The molecule has 3 saturated heterocycles. The summed E-state index contributed by atoms with van der Waals surface area (Å²) < 4.78 is 45.6. The average Bonchev–Trinajstić information content (AvgIpc) is 1.44. The van der Waals surface area contributed by atoms with E-state index in [0.29, 0.717) is 19.5 Å². The Morgan fingerprint density at radius 1 is 0.770 bits per heavy atom. The Balaban J connectivity index is 1.15. The number of ether oxygens (including phenoxy) is 7. The normalized spacial score (nSPS) is 34.3. The molecule has 18 atom stereocenters. The Bertz CT molecular complexity index is 2450. The van der Waals surface area contributed by atoms with Gasteiger partial charge in [-0.05, 0) is 157 Å². The lowest BCUT2D eigenvalue weighted by atomic mass is 9.77. The van der Waals surface area contributed by atoms with Gasteiger partial charge in [0.25, 0.3) is 0 Å². The van der Waals surface area contributed by atoms with Crippen molar-refractivity contribution < 1.29 is 62.9 Å². The number of benzene rings is 3. The number of cyclic esters (lactones) is 1. The number of rotatable bonds is 24. The molecule has 0 bridgehead atoms. The molecule has 3 aliphatic rings. The molecule has 0 aromatic heterocycles. The van der Waals surface area contributed by atoms with E-state index >= 15 is 4.79 Å². The van der Waals surface area contributed by atoms with E-state index in [1.54, 1.807) is 41.5 Å². The number of amides is 1. The van der Waals surface area contributed by atoms with E-state index in [1.807, 2.05) is 60.7 Å². The fraction of sp³-hybridized carbons (Fsp3) is 0.700. The molecule has 6 rings (SSSR count). The van der Waals surface area contributed by atoms with Crippen molar-refractivity contribution in [2.75, 3.05) is 47.5 Å². The van der Waals surface area contributed by atoms with Gasteiger partial charge in [-0.2, -0.15) is 0 Å². The first-order valence-electron chi connectivity index (χ1n) is 32.6. The lowest BCUT2D eigenvalue weighted by molar-refractivity contribution is -0.313. The minimum Gasteiger partial charge on any atom is -0.459 e. The van der Waals surface area contributed by atoms with Gasteiger partial charge in [0.2, 0.25) is 0 Å².